The fourth-order valence-electron chi connectivity index (χ4n) is 1.17. The number of sulfone groups is 1. The molecule has 0 radical (unpaired) electrons. The predicted molar refractivity (Wildman–Crippen MR) is 68.2 cm³/mol. The first-order valence-electron chi connectivity index (χ1n) is 5.22. The first-order valence-corrected chi connectivity index (χ1v) is 7.12. The molecule has 1 aromatic carbocycles. The zero-order chi connectivity index (χ0) is 14.1. The lowest BCUT2D eigenvalue weighted by molar-refractivity contribution is 0.559. The van der Waals surface area contributed by atoms with Gasteiger partial charge in [0.05, 0.1) is 16.1 Å². The molecule has 0 aliphatic rings. The fourth-order valence-corrected chi connectivity index (χ4v) is 1.50. The molecule has 3 N–H and O–H groups in total. The molecule has 0 atom stereocenters. The van der Waals surface area contributed by atoms with Crippen LogP contribution in [0.5, 0.6) is 0 Å². The molecule has 0 fully saturated rings. The average molecular weight is 278 g/mol. The average Bonchev–Trinajstić information content (AvgIpc) is 2.19. The number of nitrogen functional groups attached to an aromatic ring is 1. The van der Waals surface area contributed by atoms with Gasteiger partial charge in [0.25, 0.3) is 0 Å². The summed E-state index contributed by atoms with van der Waals surface area (Å²) in [6.45, 7) is 3.03. The maximum absolute atomic E-state index is 13.2. The molecule has 0 unspecified atom stereocenters. The van der Waals surface area contributed by atoms with Crippen molar-refractivity contribution in [2.24, 2.45) is 0 Å². The summed E-state index contributed by atoms with van der Waals surface area (Å²) in [6.07, 6.45) is 1.10. The van der Waals surface area contributed by atoms with E-state index in [9.17, 15) is 17.2 Å². The second kappa shape index (κ2) is 4.72. The lowest BCUT2D eigenvalue weighted by atomic mass is 10.2. The Bertz CT molecular complexity index is 556. The summed E-state index contributed by atoms with van der Waals surface area (Å²) in [5.41, 5.74) is 5.25. The van der Waals surface area contributed by atoms with Crippen LogP contribution in [0.4, 0.5) is 20.2 Å². The number of hydrogen-bond acceptors (Lipinski definition) is 4. The molecule has 1 aromatic rings. The first-order chi connectivity index (χ1) is 8.04. The second-order valence-electron chi connectivity index (χ2n) is 4.73. The van der Waals surface area contributed by atoms with Crippen molar-refractivity contribution < 1.29 is 17.2 Å². The first kappa shape index (κ1) is 14.7. The number of nitrogens with two attached hydrogens (primary N) is 1. The van der Waals surface area contributed by atoms with Gasteiger partial charge in [0.15, 0.2) is 15.7 Å². The zero-order valence-corrected chi connectivity index (χ0v) is 11.2. The molecule has 0 saturated carbocycles. The Kier molecular flexibility index (Phi) is 3.85. The Labute approximate surface area is 105 Å². The third-order valence-corrected chi connectivity index (χ3v) is 4.95. The van der Waals surface area contributed by atoms with Gasteiger partial charge in [-0.3, -0.25) is 0 Å². The van der Waals surface area contributed by atoms with Crippen LogP contribution in [0, 0.1) is 11.6 Å². The SMILES string of the molecule is CC(C)(CNc1cc(F)cc(F)c1N)S(C)(=O)=O. The number of benzene rings is 1. The molecule has 0 saturated heterocycles. The van der Waals surface area contributed by atoms with Crippen LogP contribution in [-0.2, 0) is 9.84 Å². The summed E-state index contributed by atoms with van der Waals surface area (Å²) in [4.78, 5) is 0. The van der Waals surface area contributed by atoms with E-state index >= 15 is 0 Å². The third kappa shape index (κ3) is 3.10. The van der Waals surface area contributed by atoms with Gasteiger partial charge in [-0.1, -0.05) is 0 Å². The van der Waals surface area contributed by atoms with Crippen molar-refractivity contribution in [3.8, 4) is 0 Å². The maximum atomic E-state index is 13.2. The predicted octanol–water partition coefficient (Wildman–Crippen LogP) is 1.78. The van der Waals surface area contributed by atoms with Gasteiger partial charge in [0.2, 0.25) is 0 Å². The highest BCUT2D eigenvalue weighted by atomic mass is 32.2. The van der Waals surface area contributed by atoms with Gasteiger partial charge in [-0.05, 0) is 19.9 Å². The molecule has 4 nitrogen and oxygen atoms in total. The lowest BCUT2D eigenvalue weighted by Crippen LogP contribution is -2.38. The van der Waals surface area contributed by atoms with E-state index in [1.165, 1.54) is 13.8 Å². The highest BCUT2D eigenvalue weighted by Crippen LogP contribution is 2.25. The van der Waals surface area contributed by atoms with Crippen molar-refractivity contribution in [1.82, 2.24) is 0 Å². The van der Waals surface area contributed by atoms with Crippen LogP contribution in [0.2, 0.25) is 0 Å². The number of nitrogens with one attached hydrogen (secondary N) is 1. The summed E-state index contributed by atoms with van der Waals surface area (Å²) in [7, 11) is -3.30. The largest absolute Gasteiger partial charge is 0.395 e. The zero-order valence-electron chi connectivity index (χ0n) is 10.4. The second-order valence-corrected chi connectivity index (χ2v) is 7.38. The number of anilines is 2. The van der Waals surface area contributed by atoms with Gasteiger partial charge < -0.3 is 11.1 Å². The van der Waals surface area contributed by atoms with Crippen molar-refractivity contribution >= 4 is 21.2 Å². The normalized spacial score (nSPS) is 12.5. The Morgan fingerprint density at radius 1 is 1.33 bits per heavy atom. The Morgan fingerprint density at radius 3 is 2.39 bits per heavy atom. The van der Waals surface area contributed by atoms with Crippen molar-refractivity contribution in [3.63, 3.8) is 0 Å². The van der Waals surface area contributed by atoms with Crippen LogP contribution in [0.25, 0.3) is 0 Å². The maximum Gasteiger partial charge on any atom is 0.154 e. The summed E-state index contributed by atoms with van der Waals surface area (Å²) in [5, 5.41) is 2.66. The molecule has 0 spiro atoms. The van der Waals surface area contributed by atoms with Crippen molar-refractivity contribution in [2.45, 2.75) is 18.6 Å². The highest BCUT2D eigenvalue weighted by molar-refractivity contribution is 7.92. The van der Waals surface area contributed by atoms with Crippen molar-refractivity contribution in [1.29, 1.82) is 0 Å². The molecule has 0 heterocycles. The molecular weight excluding hydrogens is 262 g/mol. The van der Waals surface area contributed by atoms with E-state index in [-0.39, 0.29) is 17.9 Å². The molecule has 0 aromatic heterocycles. The van der Waals surface area contributed by atoms with Gasteiger partial charge in [0, 0.05) is 18.9 Å². The van der Waals surface area contributed by atoms with Gasteiger partial charge in [-0.15, -0.1) is 0 Å². The minimum atomic E-state index is -3.30. The minimum Gasteiger partial charge on any atom is -0.395 e. The molecule has 0 bridgehead atoms. The quantitative estimate of drug-likeness (QED) is 0.824. The van der Waals surface area contributed by atoms with E-state index in [1.807, 2.05) is 0 Å². The molecule has 7 heteroatoms. The topological polar surface area (TPSA) is 72.2 Å². The molecular formula is C11H16F2N2O2S. The van der Waals surface area contributed by atoms with E-state index in [1.54, 1.807) is 0 Å². The summed E-state index contributed by atoms with van der Waals surface area (Å²) in [6, 6.07) is 1.69. The summed E-state index contributed by atoms with van der Waals surface area (Å²) < 4.78 is 48.1. The number of halogens is 2. The van der Waals surface area contributed by atoms with Crippen LogP contribution in [0.1, 0.15) is 13.8 Å². The van der Waals surface area contributed by atoms with Gasteiger partial charge >= 0.3 is 0 Å². The van der Waals surface area contributed by atoms with E-state index < -0.39 is 26.2 Å². The molecule has 0 amide bonds. The Balaban J connectivity index is 2.95. The van der Waals surface area contributed by atoms with Gasteiger partial charge in [-0.25, -0.2) is 17.2 Å². The Hall–Kier alpha value is -1.37. The standard InChI is InChI=1S/C11H16F2N2O2S/c1-11(2,18(3,16)17)6-15-9-5-7(12)4-8(13)10(9)14/h4-5,15H,6,14H2,1-3H3. The lowest BCUT2D eigenvalue weighted by Gasteiger charge is -2.24. The summed E-state index contributed by atoms with van der Waals surface area (Å²) >= 11 is 0. The number of rotatable bonds is 4. The monoisotopic (exact) mass is 278 g/mol. The van der Waals surface area contributed by atoms with E-state index in [0.29, 0.717) is 6.07 Å². The van der Waals surface area contributed by atoms with Crippen LogP contribution < -0.4 is 11.1 Å². The highest BCUT2D eigenvalue weighted by Gasteiger charge is 2.30. The minimum absolute atomic E-state index is 0.00106. The molecule has 18 heavy (non-hydrogen) atoms. The Morgan fingerprint density at radius 2 is 1.89 bits per heavy atom. The van der Waals surface area contributed by atoms with Crippen molar-refractivity contribution in [3.05, 3.63) is 23.8 Å². The smallest absolute Gasteiger partial charge is 0.154 e. The molecule has 0 aliphatic carbocycles. The third-order valence-electron chi connectivity index (χ3n) is 2.80. The number of hydrogen-bond donors (Lipinski definition) is 2. The molecule has 1 rings (SSSR count). The van der Waals surface area contributed by atoms with Crippen LogP contribution in [-0.4, -0.2) is 26.0 Å². The van der Waals surface area contributed by atoms with E-state index in [2.05, 4.69) is 5.32 Å². The fraction of sp³-hybridized carbons (Fsp3) is 0.455. The summed E-state index contributed by atoms with van der Waals surface area (Å²) in [5.74, 6) is -1.66. The van der Waals surface area contributed by atoms with E-state index in [4.69, 9.17) is 5.73 Å². The molecule has 0 aliphatic heterocycles. The van der Waals surface area contributed by atoms with Crippen LogP contribution >= 0.6 is 0 Å². The van der Waals surface area contributed by atoms with Gasteiger partial charge in [0.1, 0.15) is 5.82 Å². The van der Waals surface area contributed by atoms with Crippen molar-refractivity contribution in [2.75, 3.05) is 23.9 Å². The molecule has 102 valence electrons. The van der Waals surface area contributed by atoms with E-state index in [0.717, 1.165) is 12.3 Å². The van der Waals surface area contributed by atoms with Crippen LogP contribution in [0.3, 0.4) is 0 Å². The van der Waals surface area contributed by atoms with Crippen LogP contribution in [0.15, 0.2) is 12.1 Å². The van der Waals surface area contributed by atoms with Gasteiger partial charge in [-0.2, -0.15) is 0 Å².